The van der Waals surface area contributed by atoms with Gasteiger partial charge in [-0.05, 0) is 28.1 Å². The second kappa shape index (κ2) is 6.62. The van der Waals surface area contributed by atoms with E-state index in [9.17, 15) is 0 Å². The van der Waals surface area contributed by atoms with Gasteiger partial charge in [0.1, 0.15) is 5.52 Å². The van der Waals surface area contributed by atoms with Crippen LogP contribution in [0.15, 0.2) is 29.0 Å². The van der Waals surface area contributed by atoms with Gasteiger partial charge in [0.2, 0.25) is 0 Å². The third-order valence-electron chi connectivity index (χ3n) is 2.29. The minimum absolute atomic E-state index is 0.754. The minimum Gasteiger partial charge on any atom is -0.382 e. The Morgan fingerprint density at radius 1 is 1.44 bits per heavy atom. The first-order valence-electron chi connectivity index (χ1n) is 5.46. The lowest BCUT2D eigenvalue weighted by Gasteiger charge is -2.08. The number of terminal acetylenes is 1. The van der Waals surface area contributed by atoms with Gasteiger partial charge in [0.25, 0.3) is 0 Å². The summed E-state index contributed by atoms with van der Waals surface area (Å²) in [6.07, 6.45) is 8.76. The fourth-order valence-corrected chi connectivity index (χ4v) is 2.36. The van der Waals surface area contributed by atoms with Crippen LogP contribution >= 0.6 is 27.7 Å². The van der Waals surface area contributed by atoms with Crippen LogP contribution in [0.25, 0.3) is 11.0 Å². The molecule has 0 aliphatic rings. The fraction of sp³-hybridized carbons (Fsp3) is 0.231. The highest BCUT2D eigenvalue weighted by Crippen LogP contribution is 2.21. The van der Waals surface area contributed by atoms with E-state index in [1.807, 2.05) is 12.1 Å². The van der Waals surface area contributed by atoms with Crippen LogP contribution in [0.5, 0.6) is 0 Å². The molecule has 0 unspecified atom stereocenters. The molecule has 3 nitrogen and oxygen atoms in total. The Labute approximate surface area is 119 Å². The van der Waals surface area contributed by atoms with E-state index in [1.54, 1.807) is 24.2 Å². The molecule has 0 aliphatic heterocycles. The van der Waals surface area contributed by atoms with Gasteiger partial charge in [-0.3, -0.25) is 9.97 Å². The molecule has 0 fully saturated rings. The summed E-state index contributed by atoms with van der Waals surface area (Å²) >= 11 is 5.13. The molecule has 0 bridgehead atoms. The molecule has 2 heterocycles. The van der Waals surface area contributed by atoms with Crippen molar-refractivity contribution in [1.29, 1.82) is 0 Å². The van der Waals surface area contributed by atoms with E-state index >= 15 is 0 Å². The average Bonchev–Trinajstić information content (AvgIpc) is 2.38. The van der Waals surface area contributed by atoms with E-state index < -0.39 is 0 Å². The van der Waals surface area contributed by atoms with Gasteiger partial charge in [0.15, 0.2) is 0 Å². The van der Waals surface area contributed by atoms with Gasteiger partial charge in [-0.2, -0.15) is 0 Å². The Morgan fingerprint density at radius 3 is 3.17 bits per heavy atom. The van der Waals surface area contributed by atoms with Gasteiger partial charge < -0.3 is 5.32 Å². The molecule has 0 atom stereocenters. The first-order valence-corrected chi connectivity index (χ1v) is 7.41. The SMILES string of the molecule is C#CCSCCNc1ccnc2cc(Br)cnc12. The molecule has 0 radical (unpaired) electrons. The van der Waals surface area contributed by atoms with Crippen molar-refractivity contribution in [2.45, 2.75) is 0 Å². The predicted molar refractivity (Wildman–Crippen MR) is 81.9 cm³/mol. The van der Waals surface area contributed by atoms with E-state index in [1.165, 1.54) is 0 Å². The molecule has 0 saturated carbocycles. The number of nitrogens with one attached hydrogen (secondary N) is 1. The highest BCUT2D eigenvalue weighted by atomic mass is 79.9. The molecule has 0 spiro atoms. The van der Waals surface area contributed by atoms with Crippen LogP contribution in [0.4, 0.5) is 5.69 Å². The molecular formula is C13H12BrN3S. The van der Waals surface area contributed by atoms with Crippen molar-refractivity contribution in [3.63, 3.8) is 0 Å². The summed E-state index contributed by atoms with van der Waals surface area (Å²) < 4.78 is 0.934. The van der Waals surface area contributed by atoms with Crippen LogP contribution in [0.3, 0.4) is 0 Å². The molecule has 0 aromatic carbocycles. The average molecular weight is 322 g/mol. The maximum absolute atomic E-state index is 5.20. The van der Waals surface area contributed by atoms with Crippen molar-refractivity contribution < 1.29 is 0 Å². The first-order chi connectivity index (χ1) is 8.81. The molecule has 2 aromatic heterocycles. The summed E-state index contributed by atoms with van der Waals surface area (Å²) in [4.78, 5) is 8.68. The lowest BCUT2D eigenvalue weighted by Crippen LogP contribution is -2.05. The third kappa shape index (κ3) is 3.37. The zero-order valence-corrected chi connectivity index (χ0v) is 12.1. The smallest absolute Gasteiger partial charge is 0.112 e. The summed E-state index contributed by atoms with van der Waals surface area (Å²) in [5, 5.41) is 3.36. The lowest BCUT2D eigenvalue weighted by molar-refractivity contribution is 1.22. The second-order valence-corrected chi connectivity index (χ2v) is 5.58. The van der Waals surface area contributed by atoms with Crippen molar-refractivity contribution in [1.82, 2.24) is 9.97 Å². The topological polar surface area (TPSA) is 37.8 Å². The Kier molecular flexibility index (Phi) is 4.85. The van der Waals surface area contributed by atoms with Crippen LogP contribution in [0.2, 0.25) is 0 Å². The van der Waals surface area contributed by atoms with Crippen LogP contribution in [-0.4, -0.2) is 28.0 Å². The highest BCUT2D eigenvalue weighted by Gasteiger charge is 2.03. The standard InChI is InChI=1S/C13H12BrN3S/c1-2-6-18-7-5-16-11-3-4-15-12-8-10(14)9-17-13(11)12/h1,3-4,8-9H,5-7H2,(H,15,16). The zero-order valence-electron chi connectivity index (χ0n) is 9.69. The van der Waals surface area contributed by atoms with Gasteiger partial charge in [-0.1, -0.05) is 5.92 Å². The molecule has 18 heavy (non-hydrogen) atoms. The van der Waals surface area contributed by atoms with Crippen molar-refractivity contribution in [3.8, 4) is 12.3 Å². The van der Waals surface area contributed by atoms with Gasteiger partial charge >= 0.3 is 0 Å². The van der Waals surface area contributed by atoms with E-state index in [0.717, 1.165) is 39.2 Å². The molecule has 2 rings (SSSR count). The van der Waals surface area contributed by atoms with Gasteiger partial charge in [0.05, 0.1) is 17.0 Å². The number of halogens is 1. The third-order valence-corrected chi connectivity index (χ3v) is 3.59. The summed E-state index contributed by atoms with van der Waals surface area (Å²) in [5.74, 6) is 4.34. The van der Waals surface area contributed by atoms with Crippen molar-refractivity contribution in [2.75, 3.05) is 23.4 Å². The number of hydrogen-bond donors (Lipinski definition) is 1. The van der Waals surface area contributed by atoms with Crippen LogP contribution in [0, 0.1) is 12.3 Å². The maximum atomic E-state index is 5.20. The van der Waals surface area contributed by atoms with Crippen LogP contribution < -0.4 is 5.32 Å². The van der Waals surface area contributed by atoms with E-state index in [4.69, 9.17) is 6.42 Å². The molecule has 0 amide bonds. The van der Waals surface area contributed by atoms with E-state index in [0.29, 0.717) is 0 Å². The molecule has 1 N–H and O–H groups in total. The summed E-state index contributed by atoms with van der Waals surface area (Å²) in [6, 6.07) is 3.90. The molecular weight excluding hydrogens is 310 g/mol. The number of thioether (sulfide) groups is 1. The molecule has 92 valence electrons. The molecule has 0 saturated heterocycles. The number of rotatable bonds is 5. The van der Waals surface area contributed by atoms with E-state index in [-0.39, 0.29) is 0 Å². The highest BCUT2D eigenvalue weighted by molar-refractivity contribution is 9.10. The second-order valence-electron chi connectivity index (χ2n) is 3.56. The number of hydrogen-bond acceptors (Lipinski definition) is 4. The fourth-order valence-electron chi connectivity index (χ4n) is 1.54. The van der Waals surface area contributed by atoms with Crippen molar-refractivity contribution in [3.05, 3.63) is 29.0 Å². The monoisotopic (exact) mass is 321 g/mol. The number of aromatic nitrogens is 2. The Hall–Kier alpha value is -1.25. The van der Waals surface area contributed by atoms with E-state index in [2.05, 4.69) is 37.1 Å². The normalized spacial score (nSPS) is 10.2. The summed E-state index contributed by atoms with van der Waals surface area (Å²) in [7, 11) is 0. The predicted octanol–water partition coefficient (Wildman–Crippen LogP) is 3.17. The van der Waals surface area contributed by atoms with Crippen molar-refractivity contribution in [2.24, 2.45) is 0 Å². The Bertz CT molecular complexity index is 580. The number of fused-ring (bicyclic) bond motifs is 1. The van der Waals surface area contributed by atoms with Gasteiger partial charge in [0, 0.05) is 29.2 Å². The first kappa shape index (κ1) is 13.2. The van der Waals surface area contributed by atoms with Gasteiger partial charge in [-0.15, -0.1) is 18.2 Å². The maximum Gasteiger partial charge on any atom is 0.112 e. The zero-order chi connectivity index (χ0) is 12.8. The Morgan fingerprint density at radius 2 is 2.33 bits per heavy atom. The van der Waals surface area contributed by atoms with Crippen LogP contribution in [-0.2, 0) is 0 Å². The number of anilines is 1. The summed E-state index contributed by atoms with van der Waals surface area (Å²) in [5.41, 5.74) is 2.78. The molecule has 0 aliphatic carbocycles. The van der Waals surface area contributed by atoms with Gasteiger partial charge in [-0.25, -0.2) is 0 Å². The summed E-state index contributed by atoms with van der Waals surface area (Å²) in [6.45, 7) is 0.864. The number of pyridine rings is 2. The molecule has 5 heteroatoms. The largest absolute Gasteiger partial charge is 0.382 e. The molecule has 2 aromatic rings. The quantitative estimate of drug-likeness (QED) is 0.678. The van der Waals surface area contributed by atoms with Crippen molar-refractivity contribution >= 4 is 44.4 Å². The number of nitrogens with zero attached hydrogens (tertiary/aromatic N) is 2. The Balaban J connectivity index is 2.07. The van der Waals surface area contributed by atoms with Crippen LogP contribution in [0.1, 0.15) is 0 Å². The minimum atomic E-state index is 0.754. The lowest BCUT2D eigenvalue weighted by atomic mass is 10.3.